The standard InChI is InChI=1S/C15H21N3O2/c1-11-17-14(20-18-11)12-7-5-6-8-13(12)16-10-9-15(2,3)19-4/h5-8,16H,9-10H2,1-4H3. The Morgan fingerprint density at radius 3 is 2.70 bits per heavy atom. The van der Waals surface area contributed by atoms with Crippen molar-refractivity contribution in [2.45, 2.75) is 32.8 Å². The molecule has 1 heterocycles. The van der Waals surface area contributed by atoms with Crippen molar-refractivity contribution in [2.75, 3.05) is 19.0 Å². The lowest BCUT2D eigenvalue weighted by atomic mass is 10.1. The molecule has 0 aliphatic heterocycles. The van der Waals surface area contributed by atoms with E-state index >= 15 is 0 Å². The molecule has 2 rings (SSSR count). The molecule has 20 heavy (non-hydrogen) atoms. The topological polar surface area (TPSA) is 60.2 Å². The van der Waals surface area contributed by atoms with E-state index in [2.05, 4.69) is 29.3 Å². The number of nitrogens with zero attached hydrogens (tertiary/aromatic N) is 2. The first kappa shape index (κ1) is 14.5. The van der Waals surface area contributed by atoms with Crippen LogP contribution in [0.4, 0.5) is 5.69 Å². The van der Waals surface area contributed by atoms with Gasteiger partial charge in [0, 0.05) is 19.3 Å². The average molecular weight is 275 g/mol. The number of hydrogen-bond acceptors (Lipinski definition) is 5. The molecule has 1 N–H and O–H groups in total. The average Bonchev–Trinajstić information content (AvgIpc) is 2.86. The summed E-state index contributed by atoms with van der Waals surface area (Å²) < 4.78 is 10.6. The lowest BCUT2D eigenvalue weighted by molar-refractivity contribution is 0.0185. The van der Waals surface area contributed by atoms with Gasteiger partial charge in [-0.15, -0.1) is 0 Å². The molecule has 0 saturated carbocycles. The molecular formula is C15H21N3O2. The first-order valence-electron chi connectivity index (χ1n) is 6.70. The van der Waals surface area contributed by atoms with E-state index in [0.29, 0.717) is 11.7 Å². The van der Waals surface area contributed by atoms with Crippen molar-refractivity contribution in [2.24, 2.45) is 0 Å². The van der Waals surface area contributed by atoms with Crippen molar-refractivity contribution in [3.8, 4) is 11.5 Å². The van der Waals surface area contributed by atoms with Gasteiger partial charge in [0.2, 0.25) is 0 Å². The minimum atomic E-state index is -0.136. The number of benzene rings is 1. The van der Waals surface area contributed by atoms with Gasteiger partial charge < -0.3 is 14.6 Å². The summed E-state index contributed by atoms with van der Waals surface area (Å²) in [6, 6.07) is 7.92. The maximum atomic E-state index is 5.41. The maximum Gasteiger partial charge on any atom is 0.260 e. The molecular weight excluding hydrogens is 254 g/mol. The summed E-state index contributed by atoms with van der Waals surface area (Å²) in [7, 11) is 1.73. The summed E-state index contributed by atoms with van der Waals surface area (Å²) in [5.41, 5.74) is 1.77. The highest BCUT2D eigenvalue weighted by molar-refractivity contribution is 5.72. The van der Waals surface area contributed by atoms with Crippen LogP contribution in [0.15, 0.2) is 28.8 Å². The first-order chi connectivity index (χ1) is 9.52. The van der Waals surface area contributed by atoms with Gasteiger partial charge in [-0.2, -0.15) is 4.98 Å². The van der Waals surface area contributed by atoms with Gasteiger partial charge in [0.05, 0.1) is 11.2 Å². The molecule has 0 bridgehead atoms. The Kier molecular flexibility index (Phi) is 4.39. The Bertz CT molecular complexity index is 564. The summed E-state index contributed by atoms with van der Waals surface area (Å²) in [6.45, 7) is 6.76. The molecule has 2 aromatic rings. The predicted molar refractivity (Wildman–Crippen MR) is 78.7 cm³/mol. The number of anilines is 1. The third-order valence-electron chi connectivity index (χ3n) is 3.28. The van der Waals surface area contributed by atoms with Crippen LogP contribution in [-0.2, 0) is 4.74 Å². The van der Waals surface area contributed by atoms with Crippen LogP contribution in [0.1, 0.15) is 26.1 Å². The highest BCUT2D eigenvalue weighted by Crippen LogP contribution is 2.26. The number of para-hydroxylation sites is 1. The minimum Gasteiger partial charge on any atom is -0.384 e. The van der Waals surface area contributed by atoms with Crippen LogP contribution >= 0.6 is 0 Å². The number of nitrogens with one attached hydrogen (secondary N) is 1. The summed E-state index contributed by atoms with van der Waals surface area (Å²) in [5, 5.41) is 7.24. The van der Waals surface area contributed by atoms with Crippen LogP contribution in [-0.4, -0.2) is 29.4 Å². The fourth-order valence-corrected chi connectivity index (χ4v) is 1.83. The largest absolute Gasteiger partial charge is 0.384 e. The van der Waals surface area contributed by atoms with Gasteiger partial charge in [0.1, 0.15) is 0 Å². The van der Waals surface area contributed by atoms with E-state index in [-0.39, 0.29) is 5.60 Å². The molecule has 0 radical (unpaired) electrons. The molecule has 0 amide bonds. The molecule has 0 saturated heterocycles. The van der Waals surface area contributed by atoms with Crippen molar-refractivity contribution in [1.82, 2.24) is 10.1 Å². The van der Waals surface area contributed by atoms with Crippen LogP contribution in [0.25, 0.3) is 11.5 Å². The molecule has 0 aliphatic carbocycles. The Morgan fingerprint density at radius 1 is 1.30 bits per heavy atom. The lowest BCUT2D eigenvalue weighted by Crippen LogP contribution is -2.25. The fourth-order valence-electron chi connectivity index (χ4n) is 1.83. The zero-order valence-electron chi connectivity index (χ0n) is 12.4. The zero-order chi connectivity index (χ0) is 14.6. The number of rotatable bonds is 6. The highest BCUT2D eigenvalue weighted by atomic mass is 16.5. The van der Waals surface area contributed by atoms with Gasteiger partial charge in [-0.3, -0.25) is 0 Å². The van der Waals surface area contributed by atoms with E-state index < -0.39 is 0 Å². The Hall–Kier alpha value is -1.88. The van der Waals surface area contributed by atoms with E-state index in [4.69, 9.17) is 9.26 Å². The Labute approximate surface area is 119 Å². The summed E-state index contributed by atoms with van der Waals surface area (Å²) >= 11 is 0. The van der Waals surface area contributed by atoms with Gasteiger partial charge >= 0.3 is 0 Å². The summed E-state index contributed by atoms with van der Waals surface area (Å²) in [4.78, 5) is 4.27. The van der Waals surface area contributed by atoms with E-state index in [1.807, 2.05) is 31.2 Å². The molecule has 1 aromatic heterocycles. The van der Waals surface area contributed by atoms with E-state index in [0.717, 1.165) is 24.2 Å². The van der Waals surface area contributed by atoms with Gasteiger partial charge in [0.25, 0.3) is 5.89 Å². The second-order valence-corrected chi connectivity index (χ2v) is 5.33. The van der Waals surface area contributed by atoms with Crippen molar-refractivity contribution >= 4 is 5.69 Å². The Morgan fingerprint density at radius 2 is 2.05 bits per heavy atom. The lowest BCUT2D eigenvalue weighted by Gasteiger charge is -2.23. The van der Waals surface area contributed by atoms with Gasteiger partial charge in [0.15, 0.2) is 5.82 Å². The summed E-state index contributed by atoms with van der Waals surface area (Å²) in [5.74, 6) is 1.17. The SMILES string of the molecule is COC(C)(C)CCNc1ccccc1-c1nc(C)no1. The third-order valence-corrected chi connectivity index (χ3v) is 3.28. The third kappa shape index (κ3) is 3.57. The van der Waals surface area contributed by atoms with Gasteiger partial charge in [-0.25, -0.2) is 0 Å². The summed E-state index contributed by atoms with van der Waals surface area (Å²) in [6.07, 6.45) is 0.903. The number of aryl methyl sites for hydroxylation is 1. The smallest absolute Gasteiger partial charge is 0.260 e. The maximum absolute atomic E-state index is 5.41. The van der Waals surface area contributed by atoms with Crippen LogP contribution in [0, 0.1) is 6.92 Å². The Balaban J connectivity index is 2.09. The molecule has 0 spiro atoms. The highest BCUT2D eigenvalue weighted by Gasteiger charge is 2.16. The molecule has 5 nitrogen and oxygen atoms in total. The monoisotopic (exact) mass is 275 g/mol. The number of aromatic nitrogens is 2. The minimum absolute atomic E-state index is 0.136. The van der Waals surface area contributed by atoms with Crippen molar-refractivity contribution in [3.63, 3.8) is 0 Å². The first-order valence-corrected chi connectivity index (χ1v) is 6.70. The predicted octanol–water partition coefficient (Wildman–Crippen LogP) is 3.27. The molecule has 0 aliphatic rings. The van der Waals surface area contributed by atoms with E-state index in [1.54, 1.807) is 7.11 Å². The zero-order valence-corrected chi connectivity index (χ0v) is 12.4. The van der Waals surface area contributed by atoms with Gasteiger partial charge in [-0.05, 0) is 39.3 Å². The molecule has 1 aromatic carbocycles. The van der Waals surface area contributed by atoms with Crippen LogP contribution < -0.4 is 5.32 Å². The van der Waals surface area contributed by atoms with Crippen molar-refractivity contribution in [3.05, 3.63) is 30.1 Å². The normalized spacial score (nSPS) is 11.6. The molecule has 108 valence electrons. The number of hydrogen-bond donors (Lipinski definition) is 1. The van der Waals surface area contributed by atoms with E-state index in [9.17, 15) is 0 Å². The molecule has 0 fully saturated rings. The second kappa shape index (κ2) is 6.05. The molecule has 0 unspecified atom stereocenters. The molecule has 5 heteroatoms. The fraction of sp³-hybridized carbons (Fsp3) is 0.467. The van der Waals surface area contributed by atoms with Crippen LogP contribution in [0.2, 0.25) is 0 Å². The van der Waals surface area contributed by atoms with Crippen molar-refractivity contribution in [1.29, 1.82) is 0 Å². The van der Waals surface area contributed by atoms with Crippen LogP contribution in [0.3, 0.4) is 0 Å². The van der Waals surface area contributed by atoms with Crippen LogP contribution in [0.5, 0.6) is 0 Å². The number of ether oxygens (including phenoxy) is 1. The van der Waals surface area contributed by atoms with Crippen molar-refractivity contribution < 1.29 is 9.26 Å². The quantitative estimate of drug-likeness (QED) is 0.876. The van der Waals surface area contributed by atoms with E-state index in [1.165, 1.54) is 0 Å². The number of methoxy groups -OCH3 is 1. The second-order valence-electron chi connectivity index (χ2n) is 5.33. The van der Waals surface area contributed by atoms with Gasteiger partial charge in [-0.1, -0.05) is 17.3 Å². The molecule has 0 atom stereocenters.